The number of furan rings is 1. The van der Waals surface area contributed by atoms with Gasteiger partial charge >= 0.3 is 0 Å². The molecular formula is C22H18Cl2N2O3. The second-order valence-corrected chi connectivity index (χ2v) is 7.13. The van der Waals surface area contributed by atoms with Crippen LogP contribution in [-0.4, -0.2) is 18.9 Å². The molecule has 0 aliphatic heterocycles. The van der Waals surface area contributed by atoms with Gasteiger partial charge in [0.25, 0.3) is 11.8 Å². The van der Waals surface area contributed by atoms with E-state index in [1.807, 2.05) is 19.1 Å². The van der Waals surface area contributed by atoms with E-state index in [1.165, 1.54) is 13.1 Å². The molecule has 0 saturated heterocycles. The molecule has 148 valence electrons. The van der Waals surface area contributed by atoms with Crippen LogP contribution in [0.2, 0.25) is 10.0 Å². The van der Waals surface area contributed by atoms with Gasteiger partial charge < -0.3 is 15.1 Å². The fourth-order valence-electron chi connectivity index (χ4n) is 2.60. The summed E-state index contributed by atoms with van der Waals surface area (Å²) >= 11 is 12.1. The molecule has 29 heavy (non-hydrogen) atoms. The molecule has 2 amide bonds. The molecule has 0 radical (unpaired) electrons. The zero-order valence-electron chi connectivity index (χ0n) is 15.8. The number of likely N-dealkylation sites (N-methyl/N-ethyl adjacent to an activating group) is 1. The summed E-state index contributed by atoms with van der Waals surface area (Å²) < 4.78 is 5.78. The van der Waals surface area contributed by atoms with Crippen LogP contribution in [0.1, 0.15) is 21.7 Å². The maximum absolute atomic E-state index is 12.5. The SMILES string of the molecule is CNC(=O)C(=Cc1ccc(-c2ccc(Cl)cc2Cl)o1)NC(=O)c1ccc(C)cc1. The smallest absolute Gasteiger partial charge is 0.267 e. The summed E-state index contributed by atoms with van der Waals surface area (Å²) in [5, 5.41) is 6.10. The van der Waals surface area contributed by atoms with E-state index in [4.69, 9.17) is 27.6 Å². The van der Waals surface area contributed by atoms with E-state index in [0.29, 0.717) is 32.7 Å². The first kappa shape index (κ1) is 20.7. The number of nitrogens with one attached hydrogen (secondary N) is 2. The van der Waals surface area contributed by atoms with Crippen molar-refractivity contribution < 1.29 is 14.0 Å². The van der Waals surface area contributed by atoms with Crippen LogP contribution in [0, 0.1) is 6.92 Å². The van der Waals surface area contributed by atoms with E-state index >= 15 is 0 Å². The Labute approximate surface area is 178 Å². The van der Waals surface area contributed by atoms with E-state index < -0.39 is 11.8 Å². The van der Waals surface area contributed by atoms with E-state index in [0.717, 1.165) is 5.56 Å². The second-order valence-electron chi connectivity index (χ2n) is 6.28. The van der Waals surface area contributed by atoms with Gasteiger partial charge in [-0.1, -0.05) is 40.9 Å². The predicted molar refractivity (Wildman–Crippen MR) is 115 cm³/mol. The van der Waals surface area contributed by atoms with Crippen molar-refractivity contribution in [1.82, 2.24) is 10.6 Å². The maximum atomic E-state index is 12.5. The zero-order chi connectivity index (χ0) is 21.0. The Morgan fingerprint density at radius 1 is 1.00 bits per heavy atom. The molecule has 0 aliphatic carbocycles. The summed E-state index contributed by atoms with van der Waals surface area (Å²) in [7, 11) is 1.48. The topological polar surface area (TPSA) is 71.3 Å². The minimum Gasteiger partial charge on any atom is -0.457 e. The van der Waals surface area contributed by atoms with Crippen molar-refractivity contribution in [3.05, 3.63) is 87.2 Å². The molecule has 3 rings (SSSR count). The first-order valence-corrected chi connectivity index (χ1v) is 9.50. The summed E-state index contributed by atoms with van der Waals surface area (Å²) in [6.45, 7) is 1.93. The quantitative estimate of drug-likeness (QED) is 0.556. The van der Waals surface area contributed by atoms with Gasteiger partial charge in [0.15, 0.2) is 0 Å². The van der Waals surface area contributed by atoms with Gasteiger partial charge in [0, 0.05) is 29.3 Å². The highest BCUT2D eigenvalue weighted by molar-refractivity contribution is 6.36. The number of carbonyl (C=O) groups excluding carboxylic acids is 2. The lowest BCUT2D eigenvalue weighted by Gasteiger charge is -2.08. The predicted octanol–water partition coefficient (Wildman–Crippen LogP) is 5.08. The highest BCUT2D eigenvalue weighted by atomic mass is 35.5. The largest absolute Gasteiger partial charge is 0.457 e. The molecule has 2 aromatic carbocycles. The average molecular weight is 429 g/mol. The Morgan fingerprint density at radius 3 is 2.38 bits per heavy atom. The van der Waals surface area contributed by atoms with Crippen LogP contribution in [0.15, 0.2) is 64.7 Å². The molecule has 3 aromatic rings. The number of halogens is 2. The monoisotopic (exact) mass is 428 g/mol. The lowest BCUT2D eigenvalue weighted by molar-refractivity contribution is -0.117. The molecule has 0 spiro atoms. The summed E-state index contributed by atoms with van der Waals surface area (Å²) in [5.41, 5.74) is 2.20. The normalized spacial score (nSPS) is 11.2. The number of rotatable bonds is 5. The summed E-state index contributed by atoms with van der Waals surface area (Å²) in [6.07, 6.45) is 1.46. The molecule has 0 bridgehead atoms. The minimum absolute atomic E-state index is 0.0566. The second kappa shape index (κ2) is 8.99. The Bertz CT molecular complexity index is 1090. The van der Waals surface area contributed by atoms with E-state index in [9.17, 15) is 9.59 Å². The van der Waals surface area contributed by atoms with Crippen molar-refractivity contribution in [2.45, 2.75) is 6.92 Å². The summed E-state index contributed by atoms with van der Waals surface area (Å²) in [4.78, 5) is 24.7. The van der Waals surface area contributed by atoms with E-state index in [-0.39, 0.29) is 5.70 Å². The van der Waals surface area contributed by atoms with Crippen LogP contribution in [-0.2, 0) is 4.79 Å². The summed E-state index contributed by atoms with van der Waals surface area (Å²) in [5.74, 6) is 0.0492. The Hall–Kier alpha value is -3.02. The van der Waals surface area contributed by atoms with Crippen LogP contribution in [0.4, 0.5) is 0 Å². The van der Waals surface area contributed by atoms with Gasteiger partial charge in [-0.25, -0.2) is 0 Å². The number of hydrogen-bond donors (Lipinski definition) is 2. The molecule has 0 fully saturated rings. The highest BCUT2D eigenvalue weighted by Gasteiger charge is 2.15. The first-order chi connectivity index (χ1) is 13.9. The maximum Gasteiger partial charge on any atom is 0.267 e. The average Bonchev–Trinajstić information content (AvgIpc) is 3.15. The van der Waals surface area contributed by atoms with E-state index in [1.54, 1.807) is 42.5 Å². The fourth-order valence-corrected chi connectivity index (χ4v) is 3.10. The molecule has 7 heteroatoms. The summed E-state index contributed by atoms with van der Waals surface area (Å²) in [6, 6.07) is 15.5. The van der Waals surface area contributed by atoms with Crippen molar-refractivity contribution in [1.29, 1.82) is 0 Å². The van der Waals surface area contributed by atoms with Crippen molar-refractivity contribution in [3.63, 3.8) is 0 Å². The lowest BCUT2D eigenvalue weighted by atomic mass is 10.1. The number of amides is 2. The molecule has 1 aromatic heterocycles. The van der Waals surface area contributed by atoms with Crippen molar-refractivity contribution in [2.24, 2.45) is 0 Å². The molecule has 2 N–H and O–H groups in total. The first-order valence-electron chi connectivity index (χ1n) is 8.74. The number of benzene rings is 2. The Morgan fingerprint density at radius 2 is 1.72 bits per heavy atom. The number of carbonyl (C=O) groups is 2. The lowest BCUT2D eigenvalue weighted by Crippen LogP contribution is -2.33. The minimum atomic E-state index is -0.451. The third kappa shape index (κ3) is 5.08. The van der Waals surface area contributed by atoms with Crippen molar-refractivity contribution in [3.8, 4) is 11.3 Å². The molecule has 0 unspecified atom stereocenters. The molecule has 0 atom stereocenters. The highest BCUT2D eigenvalue weighted by Crippen LogP contribution is 2.31. The van der Waals surface area contributed by atoms with Gasteiger partial charge in [-0.05, 0) is 49.4 Å². The van der Waals surface area contributed by atoms with Crippen LogP contribution in [0.3, 0.4) is 0 Å². The van der Waals surface area contributed by atoms with Gasteiger partial charge in [-0.3, -0.25) is 9.59 Å². The van der Waals surface area contributed by atoms with Crippen LogP contribution in [0.25, 0.3) is 17.4 Å². The third-order valence-corrected chi connectivity index (χ3v) is 4.69. The zero-order valence-corrected chi connectivity index (χ0v) is 17.3. The van der Waals surface area contributed by atoms with Gasteiger partial charge in [-0.15, -0.1) is 0 Å². The van der Waals surface area contributed by atoms with Crippen molar-refractivity contribution in [2.75, 3.05) is 7.05 Å². The fraction of sp³-hybridized carbons (Fsp3) is 0.0909. The Balaban J connectivity index is 1.87. The standard InChI is InChI=1S/C22H18Cl2N2O3/c1-13-3-5-14(6-4-13)21(27)26-19(22(28)25-2)12-16-8-10-20(29-16)17-9-7-15(23)11-18(17)24/h3-12H,1-2H3,(H,25,28)(H,26,27). The van der Waals surface area contributed by atoms with Crippen LogP contribution < -0.4 is 10.6 Å². The van der Waals surface area contributed by atoms with Crippen LogP contribution >= 0.6 is 23.2 Å². The molecular weight excluding hydrogens is 411 g/mol. The molecule has 5 nitrogen and oxygen atoms in total. The molecule has 0 aliphatic rings. The third-order valence-electron chi connectivity index (χ3n) is 4.14. The van der Waals surface area contributed by atoms with Gasteiger partial charge in [-0.2, -0.15) is 0 Å². The van der Waals surface area contributed by atoms with E-state index in [2.05, 4.69) is 10.6 Å². The van der Waals surface area contributed by atoms with Gasteiger partial charge in [0.1, 0.15) is 17.2 Å². The number of hydrogen-bond acceptors (Lipinski definition) is 3. The molecule has 1 heterocycles. The van der Waals surface area contributed by atoms with Crippen LogP contribution in [0.5, 0.6) is 0 Å². The Kier molecular flexibility index (Phi) is 6.42. The number of aryl methyl sites for hydroxylation is 1. The van der Waals surface area contributed by atoms with Crippen molar-refractivity contribution >= 4 is 41.1 Å². The molecule has 0 saturated carbocycles. The van der Waals surface area contributed by atoms with Gasteiger partial charge in [0.05, 0.1) is 5.02 Å². The van der Waals surface area contributed by atoms with Gasteiger partial charge in [0.2, 0.25) is 0 Å².